The summed E-state index contributed by atoms with van der Waals surface area (Å²) in [4.78, 5) is 24.3. The second-order valence-electron chi connectivity index (χ2n) is 9.08. The van der Waals surface area contributed by atoms with Gasteiger partial charge < -0.3 is 15.3 Å². The molecular weight excluding hydrogens is 566 g/mol. The molecule has 1 aliphatic heterocycles. The molecule has 0 atom stereocenters. The fraction of sp³-hybridized carbons (Fsp3) is 0.250. The number of likely N-dealkylation sites (tertiary alicyclic amines) is 1. The number of nitrogens with one attached hydrogen (secondary N) is 1. The van der Waals surface area contributed by atoms with E-state index in [1.807, 2.05) is 24.3 Å². The minimum Gasteiger partial charge on any atom is -0.505 e. The van der Waals surface area contributed by atoms with Crippen LogP contribution < -0.4 is 5.32 Å². The van der Waals surface area contributed by atoms with Crippen LogP contribution in [-0.4, -0.2) is 45.4 Å². The number of carbonyl (C=O) groups is 1. The maximum absolute atomic E-state index is 12.5. The number of aromatic hydroxyl groups is 1. The van der Waals surface area contributed by atoms with Gasteiger partial charge in [0, 0.05) is 24.0 Å². The highest BCUT2D eigenvalue weighted by Crippen LogP contribution is 2.37. The SMILES string of the molecule is CC(=O)c1cnc2ccc(-c3cc(Cl)c(O)c(Cl)c3)nc2c1Nc1cccc(CCN2CCCC2)c1.Cl.Cl. The summed E-state index contributed by atoms with van der Waals surface area (Å²) in [6.45, 7) is 4.91. The van der Waals surface area contributed by atoms with Crippen molar-refractivity contribution in [1.29, 1.82) is 0 Å². The predicted molar refractivity (Wildman–Crippen MR) is 160 cm³/mol. The first-order valence-corrected chi connectivity index (χ1v) is 12.7. The number of halogens is 4. The molecule has 10 heteroatoms. The van der Waals surface area contributed by atoms with Crippen LogP contribution in [0.4, 0.5) is 11.4 Å². The van der Waals surface area contributed by atoms with Crippen molar-refractivity contribution >= 4 is 76.2 Å². The molecule has 6 nitrogen and oxygen atoms in total. The number of ketones is 1. The third-order valence-corrected chi connectivity index (χ3v) is 7.09. The lowest BCUT2D eigenvalue weighted by Gasteiger charge is -2.16. The molecule has 0 aliphatic carbocycles. The second-order valence-corrected chi connectivity index (χ2v) is 9.89. The molecule has 0 spiro atoms. The molecule has 200 valence electrons. The number of hydrogen-bond donors (Lipinski definition) is 2. The Hall–Kier alpha value is -2.61. The second kappa shape index (κ2) is 13.0. The van der Waals surface area contributed by atoms with Gasteiger partial charge in [0.25, 0.3) is 0 Å². The Kier molecular flexibility index (Phi) is 10.2. The number of hydrogen-bond acceptors (Lipinski definition) is 6. The zero-order valence-corrected chi connectivity index (χ0v) is 23.9. The summed E-state index contributed by atoms with van der Waals surface area (Å²) in [6.07, 6.45) is 5.11. The highest BCUT2D eigenvalue weighted by atomic mass is 35.5. The average Bonchev–Trinajstić information content (AvgIpc) is 3.39. The lowest BCUT2D eigenvalue weighted by Crippen LogP contribution is -2.21. The van der Waals surface area contributed by atoms with Crippen LogP contribution >= 0.6 is 48.0 Å². The average molecular weight is 594 g/mol. The smallest absolute Gasteiger partial charge is 0.163 e. The normalized spacial score (nSPS) is 13.1. The number of aromatic nitrogens is 2. The summed E-state index contributed by atoms with van der Waals surface area (Å²) in [7, 11) is 0. The van der Waals surface area contributed by atoms with Crippen LogP contribution in [0.25, 0.3) is 22.3 Å². The molecule has 38 heavy (non-hydrogen) atoms. The molecule has 4 aromatic rings. The van der Waals surface area contributed by atoms with E-state index in [1.165, 1.54) is 38.4 Å². The Morgan fingerprint density at radius 3 is 2.45 bits per heavy atom. The Bertz CT molecular complexity index is 1440. The van der Waals surface area contributed by atoms with Crippen LogP contribution in [0.2, 0.25) is 10.0 Å². The molecule has 3 heterocycles. The maximum Gasteiger partial charge on any atom is 0.163 e. The molecule has 1 fully saturated rings. The van der Waals surface area contributed by atoms with Crippen molar-refractivity contribution in [2.75, 3.05) is 25.0 Å². The van der Waals surface area contributed by atoms with Crippen molar-refractivity contribution in [2.45, 2.75) is 26.2 Å². The van der Waals surface area contributed by atoms with Crippen LogP contribution in [0.15, 0.2) is 54.7 Å². The van der Waals surface area contributed by atoms with Crippen molar-refractivity contribution in [2.24, 2.45) is 0 Å². The molecule has 1 aliphatic rings. The number of Topliss-reactive ketones (excluding diaryl/α,β-unsaturated/α-hetero) is 1. The minimum atomic E-state index is -0.171. The number of nitrogens with zero attached hydrogens (tertiary/aromatic N) is 3. The third kappa shape index (κ3) is 6.50. The van der Waals surface area contributed by atoms with Crippen molar-refractivity contribution < 1.29 is 9.90 Å². The van der Waals surface area contributed by atoms with E-state index in [4.69, 9.17) is 28.2 Å². The number of benzene rings is 2. The van der Waals surface area contributed by atoms with E-state index < -0.39 is 0 Å². The van der Waals surface area contributed by atoms with Crippen LogP contribution in [0.5, 0.6) is 5.75 Å². The van der Waals surface area contributed by atoms with Crippen LogP contribution in [0, 0.1) is 0 Å². The van der Waals surface area contributed by atoms with Crippen molar-refractivity contribution in [1.82, 2.24) is 14.9 Å². The summed E-state index contributed by atoms with van der Waals surface area (Å²) in [5.74, 6) is -0.282. The highest BCUT2D eigenvalue weighted by Gasteiger charge is 2.17. The van der Waals surface area contributed by atoms with Gasteiger partial charge in [0.05, 0.1) is 32.5 Å². The number of phenols is 1. The Labute approximate surface area is 244 Å². The molecule has 0 radical (unpaired) electrons. The molecule has 0 unspecified atom stereocenters. The molecule has 1 saturated heterocycles. The Morgan fingerprint density at radius 2 is 1.76 bits per heavy atom. The van der Waals surface area contributed by atoms with Crippen molar-refractivity contribution in [3.05, 3.63) is 75.9 Å². The fourth-order valence-electron chi connectivity index (χ4n) is 4.58. The first kappa shape index (κ1) is 29.9. The van der Waals surface area contributed by atoms with Gasteiger partial charge in [0.1, 0.15) is 5.52 Å². The van der Waals surface area contributed by atoms with Gasteiger partial charge in [-0.3, -0.25) is 9.78 Å². The van der Waals surface area contributed by atoms with E-state index in [1.54, 1.807) is 18.3 Å². The van der Waals surface area contributed by atoms with Crippen LogP contribution in [0.1, 0.15) is 35.7 Å². The molecule has 0 bridgehead atoms. The van der Waals surface area contributed by atoms with E-state index in [-0.39, 0.29) is 46.4 Å². The van der Waals surface area contributed by atoms with Gasteiger partial charge in [0.15, 0.2) is 11.5 Å². The quantitative estimate of drug-likeness (QED) is 0.213. The molecule has 0 saturated carbocycles. The summed E-state index contributed by atoms with van der Waals surface area (Å²) < 4.78 is 0. The lowest BCUT2D eigenvalue weighted by molar-refractivity contribution is 0.101. The van der Waals surface area contributed by atoms with Gasteiger partial charge in [-0.15, -0.1) is 24.8 Å². The number of fused-ring (bicyclic) bond motifs is 1. The lowest BCUT2D eigenvalue weighted by atomic mass is 10.1. The minimum absolute atomic E-state index is 0. The van der Waals surface area contributed by atoms with E-state index in [0.29, 0.717) is 33.5 Å². The fourth-order valence-corrected chi connectivity index (χ4v) is 5.06. The van der Waals surface area contributed by atoms with Gasteiger partial charge in [0.2, 0.25) is 0 Å². The van der Waals surface area contributed by atoms with E-state index in [0.717, 1.165) is 18.7 Å². The topological polar surface area (TPSA) is 78.3 Å². The molecule has 2 aromatic heterocycles. The zero-order valence-electron chi connectivity index (χ0n) is 20.7. The third-order valence-electron chi connectivity index (χ3n) is 6.52. The number of phenolic OH excluding ortho intramolecular Hbond substituents is 1. The highest BCUT2D eigenvalue weighted by molar-refractivity contribution is 6.37. The Balaban J connectivity index is 0.00000200. The largest absolute Gasteiger partial charge is 0.505 e. The maximum atomic E-state index is 12.5. The number of rotatable bonds is 7. The first-order valence-electron chi connectivity index (χ1n) is 12.0. The summed E-state index contributed by atoms with van der Waals surface area (Å²) in [5, 5.41) is 13.7. The standard InChI is InChI=1S/C28H26Cl2N4O2.2ClH/c1-17(35)21-16-31-25-8-7-24(19-14-22(29)28(36)23(30)15-19)33-27(25)26(21)32-20-6-4-5-18(13-20)9-12-34-10-2-3-11-34;;/h4-8,13-16,36H,2-3,9-12H2,1H3,(H,31,32);2*1H. The monoisotopic (exact) mass is 592 g/mol. The van der Waals surface area contributed by atoms with Gasteiger partial charge in [-0.2, -0.15) is 0 Å². The Morgan fingerprint density at radius 1 is 1.05 bits per heavy atom. The van der Waals surface area contributed by atoms with Crippen molar-refractivity contribution in [3.63, 3.8) is 0 Å². The summed E-state index contributed by atoms with van der Waals surface area (Å²) in [6, 6.07) is 15.1. The van der Waals surface area contributed by atoms with Gasteiger partial charge in [-0.05, 0) is 81.2 Å². The predicted octanol–water partition coefficient (Wildman–Crippen LogP) is 7.74. The molecule has 2 N–H and O–H groups in total. The van der Waals surface area contributed by atoms with Gasteiger partial charge in [-0.25, -0.2) is 4.98 Å². The van der Waals surface area contributed by atoms with E-state index >= 15 is 0 Å². The molecular formula is C28H28Cl4N4O2. The van der Waals surface area contributed by atoms with E-state index in [9.17, 15) is 9.90 Å². The summed E-state index contributed by atoms with van der Waals surface area (Å²) in [5.41, 5.74) is 5.61. The molecule has 0 amide bonds. The molecule has 2 aromatic carbocycles. The van der Waals surface area contributed by atoms with Crippen molar-refractivity contribution in [3.8, 4) is 17.0 Å². The number of pyridine rings is 2. The van der Waals surface area contributed by atoms with Crippen LogP contribution in [0.3, 0.4) is 0 Å². The number of carbonyl (C=O) groups excluding carboxylic acids is 1. The van der Waals surface area contributed by atoms with Gasteiger partial charge in [-0.1, -0.05) is 35.3 Å². The number of anilines is 2. The van der Waals surface area contributed by atoms with Crippen LogP contribution in [-0.2, 0) is 6.42 Å². The zero-order chi connectivity index (χ0) is 25.2. The molecule has 5 rings (SSSR count). The van der Waals surface area contributed by atoms with E-state index in [2.05, 4.69) is 27.3 Å². The van der Waals surface area contributed by atoms with Gasteiger partial charge >= 0.3 is 0 Å². The summed E-state index contributed by atoms with van der Waals surface area (Å²) >= 11 is 12.3. The first-order chi connectivity index (χ1) is 17.4.